The van der Waals surface area contributed by atoms with Crippen molar-refractivity contribution in [2.75, 3.05) is 13.1 Å². The lowest BCUT2D eigenvalue weighted by atomic mass is 9.90. The molecule has 1 aliphatic rings. The fourth-order valence-corrected chi connectivity index (χ4v) is 3.53. The molecule has 1 rings (SSSR count). The number of rotatable bonds is 14. The third-order valence-corrected chi connectivity index (χ3v) is 5.15. The number of carbonyl (C=O) groups is 2. The molecule has 160 valence electrons. The van der Waals surface area contributed by atoms with E-state index in [0.717, 1.165) is 51.4 Å². The van der Waals surface area contributed by atoms with Crippen LogP contribution < -0.4 is 21.3 Å². The van der Waals surface area contributed by atoms with E-state index in [1.54, 1.807) is 6.08 Å². The highest BCUT2D eigenvalue weighted by molar-refractivity contribution is 5.75. The van der Waals surface area contributed by atoms with E-state index >= 15 is 0 Å². The molecule has 0 aromatic heterocycles. The van der Waals surface area contributed by atoms with Gasteiger partial charge in [0, 0.05) is 13.1 Å². The molecule has 0 radical (unpaired) electrons. The van der Waals surface area contributed by atoms with Gasteiger partial charge in [0.15, 0.2) is 0 Å². The third-order valence-electron chi connectivity index (χ3n) is 5.15. The van der Waals surface area contributed by atoms with Gasteiger partial charge in [0.25, 0.3) is 0 Å². The van der Waals surface area contributed by atoms with Crippen LogP contribution in [0.2, 0.25) is 0 Å². The van der Waals surface area contributed by atoms with E-state index in [0.29, 0.717) is 13.1 Å². The molecule has 0 aromatic rings. The number of carbonyl (C=O) groups excluding carboxylic acids is 2. The molecule has 0 unspecified atom stereocenters. The first-order chi connectivity index (χ1) is 13.7. The van der Waals surface area contributed by atoms with Crippen LogP contribution in [0.5, 0.6) is 0 Å². The number of hydrogen-bond acceptors (Lipinski definition) is 2. The molecular formula is C22H40N4O2. The first-order valence-corrected chi connectivity index (χ1v) is 11.0. The second-order valence-electron chi connectivity index (χ2n) is 7.57. The molecule has 0 aliphatic heterocycles. The predicted octanol–water partition coefficient (Wildman–Crippen LogP) is 4.39. The van der Waals surface area contributed by atoms with Gasteiger partial charge in [0.05, 0.1) is 12.1 Å². The molecule has 28 heavy (non-hydrogen) atoms. The van der Waals surface area contributed by atoms with Crippen molar-refractivity contribution in [2.45, 2.75) is 89.1 Å². The molecule has 0 aromatic carbocycles. The van der Waals surface area contributed by atoms with Crippen LogP contribution in [-0.2, 0) is 0 Å². The number of amides is 4. The van der Waals surface area contributed by atoms with Gasteiger partial charge in [-0.15, -0.1) is 13.2 Å². The molecule has 1 fully saturated rings. The van der Waals surface area contributed by atoms with Crippen LogP contribution in [0.25, 0.3) is 0 Å². The van der Waals surface area contributed by atoms with Gasteiger partial charge in [0.2, 0.25) is 0 Å². The number of hydrogen-bond donors (Lipinski definition) is 4. The van der Waals surface area contributed by atoms with Crippen molar-refractivity contribution in [1.82, 2.24) is 21.3 Å². The fourth-order valence-electron chi connectivity index (χ4n) is 3.53. The summed E-state index contributed by atoms with van der Waals surface area (Å²) in [5, 5.41) is 11.8. The average Bonchev–Trinajstić information content (AvgIpc) is 2.68. The third kappa shape index (κ3) is 11.7. The zero-order valence-corrected chi connectivity index (χ0v) is 17.4. The van der Waals surface area contributed by atoms with E-state index in [1.807, 2.05) is 6.08 Å². The Bertz CT molecular complexity index is 467. The van der Waals surface area contributed by atoms with Gasteiger partial charge in [-0.2, -0.15) is 0 Å². The number of nitrogens with one attached hydrogen (secondary N) is 4. The molecule has 0 heterocycles. The summed E-state index contributed by atoms with van der Waals surface area (Å²) in [5.74, 6) is 0. The minimum atomic E-state index is -0.172. The maximum atomic E-state index is 12.2. The molecule has 1 saturated carbocycles. The Hall–Kier alpha value is -1.98. The number of allylic oxidation sites excluding steroid dienone is 1. The minimum Gasteiger partial charge on any atom is -0.338 e. The zero-order chi connectivity index (χ0) is 20.5. The molecular weight excluding hydrogens is 352 g/mol. The Kier molecular flexibility index (Phi) is 13.8. The summed E-state index contributed by atoms with van der Waals surface area (Å²) >= 11 is 0. The molecule has 0 spiro atoms. The standard InChI is InChI=1S/C22H40N4O2/c1-3-5-7-8-9-10-11-14-18-24-22(28)26-20-16-13-12-15-19(20)25-21(27)23-17-6-4-2/h3-4,19-20H,1-2,5-18H2,(H2,23,25,27)(H2,24,26,28)/t19-,20-/m1/s1. The molecule has 6 nitrogen and oxygen atoms in total. The lowest BCUT2D eigenvalue weighted by molar-refractivity contribution is 0.213. The second-order valence-corrected chi connectivity index (χ2v) is 7.57. The van der Waals surface area contributed by atoms with Gasteiger partial charge < -0.3 is 21.3 Å². The Morgan fingerprint density at radius 3 is 1.79 bits per heavy atom. The van der Waals surface area contributed by atoms with Crippen LogP contribution in [0.15, 0.2) is 25.3 Å². The van der Waals surface area contributed by atoms with Crippen LogP contribution in [0.1, 0.15) is 77.0 Å². The van der Waals surface area contributed by atoms with Crippen molar-refractivity contribution < 1.29 is 9.59 Å². The van der Waals surface area contributed by atoms with Crippen molar-refractivity contribution in [3.05, 3.63) is 25.3 Å². The van der Waals surface area contributed by atoms with Crippen LogP contribution in [0.4, 0.5) is 9.59 Å². The quantitative estimate of drug-likeness (QED) is 0.261. The van der Waals surface area contributed by atoms with Crippen LogP contribution in [0.3, 0.4) is 0 Å². The second kappa shape index (κ2) is 16.0. The summed E-state index contributed by atoms with van der Waals surface area (Å²) in [4.78, 5) is 24.2. The fraction of sp³-hybridized carbons (Fsp3) is 0.727. The first-order valence-electron chi connectivity index (χ1n) is 11.0. The summed E-state index contributed by atoms with van der Waals surface area (Å²) < 4.78 is 0. The van der Waals surface area contributed by atoms with Crippen LogP contribution in [-0.4, -0.2) is 37.2 Å². The summed E-state index contributed by atoms with van der Waals surface area (Å²) in [7, 11) is 0. The summed E-state index contributed by atoms with van der Waals surface area (Å²) in [6.07, 6.45) is 16.7. The average molecular weight is 393 g/mol. The molecule has 4 amide bonds. The van der Waals surface area contributed by atoms with Crippen LogP contribution >= 0.6 is 0 Å². The van der Waals surface area contributed by atoms with Gasteiger partial charge in [-0.3, -0.25) is 0 Å². The zero-order valence-electron chi connectivity index (χ0n) is 17.4. The van der Waals surface area contributed by atoms with Gasteiger partial charge in [0.1, 0.15) is 0 Å². The van der Waals surface area contributed by atoms with Gasteiger partial charge in [-0.1, -0.05) is 50.7 Å². The maximum Gasteiger partial charge on any atom is 0.315 e. The SMILES string of the molecule is C=CCCCCCCCCNC(=O)N[C@@H]1CCCC[C@H]1NC(=O)NCCC=C. The van der Waals surface area contributed by atoms with E-state index in [9.17, 15) is 9.59 Å². The van der Waals surface area contributed by atoms with E-state index in [1.165, 1.54) is 25.7 Å². The summed E-state index contributed by atoms with van der Waals surface area (Å²) in [6.45, 7) is 8.66. The molecule has 0 bridgehead atoms. The predicted molar refractivity (Wildman–Crippen MR) is 116 cm³/mol. The van der Waals surface area contributed by atoms with Gasteiger partial charge in [-0.25, -0.2) is 9.59 Å². The van der Waals surface area contributed by atoms with E-state index in [2.05, 4.69) is 34.4 Å². The van der Waals surface area contributed by atoms with E-state index < -0.39 is 0 Å². The largest absolute Gasteiger partial charge is 0.338 e. The smallest absolute Gasteiger partial charge is 0.315 e. The van der Waals surface area contributed by atoms with Crippen molar-refractivity contribution in [3.8, 4) is 0 Å². The number of urea groups is 2. The molecule has 4 N–H and O–H groups in total. The van der Waals surface area contributed by atoms with E-state index in [-0.39, 0.29) is 24.1 Å². The minimum absolute atomic E-state index is 0.0104. The Morgan fingerprint density at radius 2 is 1.21 bits per heavy atom. The van der Waals surface area contributed by atoms with Crippen molar-refractivity contribution >= 4 is 12.1 Å². The van der Waals surface area contributed by atoms with Gasteiger partial charge >= 0.3 is 12.1 Å². The molecule has 2 atom stereocenters. The van der Waals surface area contributed by atoms with Crippen molar-refractivity contribution in [1.29, 1.82) is 0 Å². The lowest BCUT2D eigenvalue weighted by Gasteiger charge is -2.32. The van der Waals surface area contributed by atoms with Gasteiger partial charge in [-0.05, 0) is 38.5 Å². The molecule has 0 saturated heterocycles. The summed E-state index contributed by atoms with van der Waals surface area (Å²) in [6, 6.07) is -0.326. The van der Waals surface area contributed by atoms with E-state index in [4.69, 9.17) is 0 Å². The highest BCUT2D eigenvalue weighted by Gasteiger charge is 2.27. The maximum absolute atomic E-state index is 12.2. The molecule has 6 heteroatoms. The van der Waals surface area contributed by atoms with Crippen LogP contribution in [0, 0.1) is 0 Å². The highest BCUT2D eigenvalue weighted by atomic mass is 16.2. The monoisotopic (exact) mass is 392 g/mol. The first kappa shape index (κ1) is 24.1. The molecule has 1 aliphatic carbocycles. The topological polar surface area (TPSA) is 82.3 Å². The number of unbranched alkanes of at least 4 members (excludes halogenated alkanes) is 6. The summed E-state index contributed by atoms with van der Waals surface area (Å²) in [5.41, 5.74) is 0. The van der Waals surface area contributed by atoms with Crippen molar-refractivity contribution in [3.63, 3.8) is 0 Å². The lowest BCUT2D eigenvalue weighted by Crippen LogP contribution is -2.56. The Balaban J connectivity index is 2.16. The Labute approximate surface area is 171 Å². The highest BCUT2D eigenvalue weighted by Crippen LogP contribution is 2.18. The van der Waals surface area contributed by atoms with Crippen molar-refractivity contribution in [2.24, 2.45) is 0 Å². The Morgan fingerprint density at radius 1 is 0.714 bits per heavy atom. The normalized spacial score (nSPS) is 18.7.